The smallest absolute Gasteiger partial charge is 0.123 e. The van der Waals surface area contributed by atoms with Crippen molar-refractivity contribution in [1.82, 2.24) is 5.43 Å². The maximum atomic E-state index is 13.1. The van der Waals surface area contributed by atoms with Gasteiger partial charge in [-0.25, -0.2) is 4.39 Å². The largest absolute Gasteiger partial charge is 0.381 e. The molecule has 1 aliphatic heterocycles. The van der Waals surface area contributed by atoms with E-state index in [9.17, 15) is 4.39 Å². The first-order chi connectivity index (χ1) is 7.81. The summed E-state index contributed by atoms with van der Waals surface area (Å²) in [5.74, 6) is 5.77. The highest BCUT2D eigenvalue weighted by Gasteiger charge is 2.24. The van der Waals surface area contributed by atoms with Gasteiger partial charge in [-0.2, -0.15) is 0 Å². The van der Waals surface area contributed by atoms with E-state index in [1.165, 1.54) is 6.07 Å². The van der Waals surface area contributed by atoms with Gasteiger partial charge in [-0.3, -0.25) is 11.3 Å². The van der Waals surface area contributed by atoms with Crippen LogP contribution in [0, 0.1) is 11.7 Å². The topological polar surface area (TPSA) is 47.3 Å². The highest BCUT2D eigenvalue weighted by molar-refractivity contribution is 5.20. The van der Waals surface area contributed by atoms with E-state index in [-0.39, 0.29) is 11.9 Å². The van der Waals surface area contributed by atoms with Crippen molar-refractivity contribution in [3.63, 3.8) is 0 Å². The molecule has 1 fully saturated rings. The second-order valence-corrected chi connectivity index (χ2v) is 4.15. The molecule has 1 atom stereocenters. The van der Waals surface area contributed by atoms with Gasteiger partial charge < -0.3 is 4.74 Å². The Bertz CT molecular complexity index is 340. The van der Waals surface area contributed by atoms with E-state index < -0.39 is 0 Å². The first kappa shape index (κ1) is 11.5. The number of nitrogens with two attached hydrogens (primary N) is 1. The molecular weight excluding hydrogens is 207 g/mol. The fourth-order valence-corrected chi connectivity index (χ4v) is 2.25. The van der Waals surface area contributed by atoms with Crippen molar-refractivity contribution in [2.45, 2.75) is 18.9 Å². The van der Waals surface area contributed by atoms with E-state index in [4.69, 9.17) is 10.6 Å². The van der Waals surface area contributed by atoms with Crippen LogP contribution in [-0.2, 0) is 4.74 Å². The average molecular weight is 224 g/mol. The van der Waals surface area contributed by atoms with Crippen molar-refractivity contribution < 1.29 is 9.13 Å². The first-order valence-electron chi connectivity index (χ1n) is 5.60. The SMILES string of the molecule is NNC(c1cccc(F)c1)C1CCOCC1. The van der Waals surface area contributed by atoms with E-state index >= 15 is 0 Å². The van der Waals surface area contributed by atoms with Crippen molar-refractivity contribution in [1.29, 1.82) is 0 Å². The highest BCUT2D eigenvalue weighted by atomic mass is 19.1. The lowest BCUT2D eigenvalue weighted by Gasteiger charge is -2.30. The number of nitrogens with one attached hydrogen (secondary N) is 1. The zero-order chi connectivity index (χ0) is 11.4. The van der Waals surface area contributed by atoms with Gasteiger partial charge in [0.25, 0.3) is 0 Å². The Morgan fingerprint density at radius 1 is 1.38 bits per heavy atom. The minimum atomic E-state index is -0.218. The Morgan fingerprint density at radius 3 is 2.75 bits per heavy atom. The number of hydrazine groups is 1. The van der Waals surface area contributed by atoms with Gasteiger partial charge in [0.1, 0.15) is 5.82 Å². The number of rotatable bonds is 3. The lowest BCUT2D eigenvalue weighted by atomic mass is 9.87. The van der Waals surface area contributed by atoms with E-state index in [1.807, 2.05) is 6.07 Å². The molecule has 0 spiro atoms. The summed E-state index contributed by atoms with van der Waals surface area (Å²) >= 11 is 0. The standard InChI is InChI=1S/C12H17FN2O/c13-11-3-1-2-10(8-11)12(15-14)9-4-6-16-7-5-9/h1-3,8-9,12,15H,4-7,14H2. The van der Waals surface area contributed by atoms with Gasteiger partial charge in [-0.05, 0) is 36.5 Å². The number of ether oxygens (including phenoxy) is 1. The number of hydrogen-bond acceptors (Lipinski definition) is 3. The molecule has 1 aromatic carbocycles. The molecule has 1 aromatic rings. The fourth-order valence-electron chi connectivity index (χ4n) is 2.25. The molecule has 4 heteroatoms. The molecule has 0 aromatic heterocycles. The number of benzene rings is 1. The van der Waals surface area contributed by atoms with Crippen LogP contribution in [0.2, 0.25) is 0 Å². The fraction of sp³-hybridized carbons (Fsp3) is 0.500. The quantitative estimate of drug-likeness (QED) is 0.607. The normalized spacial score (nSPS) is 19.6. The minimum absolute atomic E-state index is 0.0135. The summed E-state index contributed by atoms with van der Waals surface area (Å²) < 4.78 is 18.4. The molecule has 1 unspecified atom stereocenters. The molecule has 0 amide bonds. The number of halogens is 1. The maximum Gasteiger partial charge on any atom is 0.123 e. The third kappa shape index (κ3) is 2.58. The van der Waals surface area contributed by atoms with Crippen molar-refractivity contribution >= 4 is 0 Å². The average Bonchev–Trinajstić information content (AvgIpc) is 2.31. The van der Waals surface area contributed by atoms with Gasteiger partial charge in [0.15, 0.2) is 0 Å². The summed E-state index contributed by atoms with van der Waals surface area (Å²) in [6.07, 6.45) is 1.93. The van der Waals surface area contributed by atoms with Crippen LogP contribution < -0.4 is 11.3 Å². The van der Waals surface area contributed by atoms with Gasteiger partial charge in [0.05, 0.1) is 0 Å². The van der Waals surface area contributed by atoms with Crippen LogP contribution >= 0.6 is 0 Å². The van der Waals surface area contributed by atoms with Crippen LogP contribution in [0.4, 0.5) is 4.39 Å². The maximum absolute atomic E-state index is 13.1. The lowest BCUT2D eigenvalue weighted by Crippen LogP contribution is -2.36. The summed E-state index contributed by atoms with van der Waals surface area (Å²) in [5, 5.41) is 0. The molecule has 1 heterocycles. The number of hydrogen-bond donors (Lipinski definition) is 2. The first-order valence-corrected chi connectivity index (χ1v) is 5.60. The minimum Gasteiger partial charge on any atom is -0.381 e. The van der Waals surface area contributed by atoms with Gasteiger partial charge in [-0.1, -0.05) is 12.1 Å². The molecule has 0 aliphatic carbocycles. The monoisotopic (exact) mass is 224 g/mol. The van der Waals surface area contributed by atoms with Crippen LogP contribution in [0.5, 0.6) is 0 Å². The van der Waals surface area contributed by atoms with Crippen molar-refractivity contribution in [2.24, 2.45) is 11.8 Å². The molecule has 0 saturated carbocycles. The molecule has 2 rings (SSSR count). The molecule has 3 N–H and O–H groups in total. The Hall–Kier alpha value is -0.970. The highest BCUT2D eigenvalue weighted by Crippen LogP contribution is 2.29. The second-order valence-electron chi connectivity index (χ2n) is 4.15. The Balaban J connectivity index is 2.14. The van der Waals surface area contributed by atoms with Crippen molar-refractivity contribution in [2.75, 3.05) is 13.2 Å². The summed E-state index contributed by atoms with van der Waals surface area (Å²) in [5.41, 5.74) is 3.70. The molecule has 0 radical (unpaired) electrons. The zero-order valence-electron chi connectivity index (χ0n) is 9.16. The molecule has 1 aliphatic rings. The van der Waals surface area contributed by atoms with E-state index in [0.717, 1.165) is 31.6 Å². The molecule has 3 nitrogen and oxygen atoms in total. The Morgan fingerprint density at radius 2 is 2.12 bits per heavy atom. The van der Waals surface area contributed by atoms with Gasteiger partial charge >= 0.3 is 0 Å². The van der Waals surface area contributed by atoms with Gasteiger partial charge in [0.2, 0.25) is 0 Å². The van der Waals surface area contributed by atoms with Crippen LogP contribution in [0.15, 0.2) is 24.3 Å². The van der Waals surface area contributed by atoms with Crippen LogP contribution in [0.25, 0.3) is 0 Å². The van der Waals surface area contributed by atoms with Crippen LogP contribution in [0.3, 0.4) is 0 Å². The van der Waals surface area contributed by atoms with E-state index in [2.05, 4.69) is 5.43 Å². The Kier molecular flexibility index (Phi) is 3.88. The Labute approximate surface area is 94.8 Å². The van der Waals surface area contributed by atoms with Crippen molar-refractivity contribution in [3.8, 4) is 0 Å². The van der Waals surface area contributed by atoms with E-state index in [1.54, 1.807) is 12.1 Å². The molecule has 88 valence electrons. The third-order valence-corrected chi connectivity index (χ3v) is 3.12. The van der Waals surface area contributed by atoms with Gasteiger partial charge in [-0.15, -0.1) is 0 Å². The van der Waals surface area contributed by atoms with Crippen LogP contribution in [-0.4, -0.2) is 13.2 Å². The molecule has 1 saturated heterocycles. The summed E-state index contributed by atoms with van der Waals surface area (Å²) in [6, 6.07) is 6.62. The molecular formula is C12H17FN2O. The summed E-state index contributed by atoms with van der Waals surface area (Å²) in [6.45, 7) is 1.52. The summed E-state index contributed by atoms with van der Waals surface area (Å²) in [4.78, 5) is 0. The third-order valence-electron chi connectivity index (χ3n) is 3.12. The van der Waals surface area contributed by atoms with Gasteiger partial charge in [0, 0.05) is 19.3 Å². The lowest BCUT2D eigenvalue weighted by molar-refractivity contribution is 0.0536. The molecule has 16 heavy (non-hydrogen) atoms. The predicted molar refractivity (Wildman–Crippen MR) is 60.0 cm³/mol. The van der Waals surface area contributed by atoms with Crippen LogP contribution in [0.1, 0.15) is 24.4 Å². The predicted octanol–water partition coefficient (Wildman–Crippen LogP) is 1.76. The van der Waals surface area contributed by atoms with E-state index in [0.29, 0.717) is 5.92 Å². The van der Waals surface area contributed by atoms with Crippen molar-refractivity contribution in [3.05, 3.63) is 35.6 Å². The molecule has 0 bridgehead atoms. The zero-order valence-corrected chi connectivity index (χ0v) is 9.16. The summed E-state index contributed by atoms with van der Waals surface area (Å²) in [7, 11) is 0. The second kappa shape index (κ2) is 5.39.